The third kappa shape index (κ3) is 5.71. The van der Waals surface area contributed by atoms with E-state index in [4.69, 9.17) is 4.74 Å². The lowest BCUT2D eigenvalue weighted by atomic mass is 10.1. The van der Waals surface area contributed by atoms with Gasteiger partial charge in [-0.3, -0.25) is 9.59 Å². The van der Waals surface area contributed by atoms with E-state index in [1.54, 1.807) is 24.2 Å². The molecule has 0 bridgehead atoms. The Balaban J connectivity index is 2.09. The summed E-state index contributed by atoms with van der Waals surface area (Å²) in [6.07, 6.45) is 3.36. The second-order valence-electron chi connectivity index (χ2n) is 6.21. The minimum atomic E-state index is -0.112. The minimum Gasteiger partial charge on any atom is -0.497 e. The van der Waals surface area contributed by atoms with Gasteiger partial charge in [-0.1, -0.05) is 24.3 Å². The van der Waals surface area contributed by atoms with E-state index in [-0.39, 0.29) is 17.9 Å². The van der Waals surface area contributed by atoms with Crippen LogP contribution in [0.25, 0.3) is 6.08 Å². The number of methoxy groups -OCH3 is 1. The van der Waals surface area contributed by atoms with E-state index in [1.165, 1.54) is 6.92 Å². The van der Waals surface area contributed by atoms with Crippen LogP contribution in [0, 0.1) is 0 Å². The van der Waals surface area contributed by atoms with Gasteiger partial charge in [0.15, 0.2) is 0 Å². The van der Waals surface area contributed by atoms with Crippen molar-refractivity contribution in [1.29, 1.82) is 0 Å². The third-order valence-electron chi connectivity index (χ3n) is 4.32. The number of nitrogens with one attached hydrogen (secondary N) is 1. The number of carbonyl (C=O) groups is 2. The molecule has 0 aliphatic carbocycles. The van der Waals surface area contributed by atoms with Gasteiger partial charge in [-0.05, 0) is 55.3 Å². The molecule has 27 heavy (non-hydrogen) atoms. The first-order valence-corrected chi connectivity index (χ1v) is 8.95. The molecule has 0 aliphatic rings. The molecule has 0 fully saturated rings. The summed E-state index contributed by atoms with van der Waals surface area (Å²) in [6, 6.07) is 15.0. The number of benzene rings is 2. The molecule has 1 N–H and O–H groups in total. The largest absolute Gasteiger partial charge is 0.497 e. The van der Waals surface area contributed by atoms with Gasteiger partial charge in [-0.25, -0.2) is 0 Å². The van der Waals surface area contributed by atoms with Crippen molar-refractivity contribution >= 4 is 23.6 Å². The van der Waals surface area contributed by atoms with Crippen molar-refractivity contribution in [1.82, 2.24) is 4.90 Å². The average Bonchev–Trinajstić information content (AvgIpc) is 2.67. The van der Waals surface area contributed by atoms with Gasteiger partial charge >= 0.3 is 0 Å². The van der Waals surface area contributed by atoms with Gasteiger partial charge in [0.1, 0.15) is 5.75 Å². The molecule has 0 saturated carbocycles. The van der Waals surface area contributed by atoms with Gasteiger partial charge in [-0.2, -0.15) is 0 Å². The second kappa shape index (κ2) is 9.57. The van der Waals surface area contributed by atoms with Crippen molar-refractivity contribution in [3.8, 4) is 5.75 Å². The Hall–Kier alpha value is -3.08. The Morgan fingerprint density at radius 1 is 1.19 bits per heavy atom. The number of nitrogens with zero attached hydrogens (tertiary/aromatic N) is 1. The fourth-order valence-corrected chi connectivity index (χ4v) is 2.85. The van der Waals surface area contributed by atoms with Crippen LogP contribution < -0.4 is 10.1 Å². The van der Waals surface area contributed by atoms with E-state index in [2.05, 4.69) is 5.32 Å². The summed E-state index contributed by atoms with van der Waals surface area (Å²) in [5.74, 6) is 0.606. The Morgan fingerprint density at radius 3 is 2.48 bits per heavy atom. The number of likely N-dealkylation sites (N-methyl/N-ethyl adjacent to an activating group) is 1. The summed E-state index contributed by atoms with van der Waals surface area (Å²) in [6.45, 7) is 6.04. The average molecular weight is 366 g/mol. The Kier molecular flexibility index (Phi) is 7.17. The number of ether oxygens (including phenoxy) is 1. The topological polar surface area (TPSA) is 58.6 Å². The molecule has 2 aromatic rings. The zero-order valence-corrected chi connectivity index (χ0v) is 16.2. The van der Waals surface area contributed by atoms with E-state index in [1.807, 2.05) is 62.4 Å². The molecular formula is C22H26N2O3. The van der Waals surface area contributed by atoms with Crippen LogP contribution in [0.2, 0.25) is 0 Å². The number of amides is 2. The van der Waals surface area contributed by atoms with Crippen molar-refractivity contribution < 1.29 is 14.3 Å². The molecule has 2 aromatic carbocycles. The fraction of sp³-hybridized carbons (Fsp3) is 0.273. The minimum absolute atomic E-state index is 0.0567. The highest BCUT2D eigenvalue weighted by molar-refractivity contribution is 5.92. The number of hydrogen-bond donors (Lipinski definition) is 1. The smallest absolute Gasteiger partial charge is 0.247 e. The van der Waals surface area contributed by atoms with Crippen molar-refractivity contribution in [2.45, 2.75) is 26.8 Å². The summed E-state index contributed by atoms with van der Waals surface area (Å²) in [4.78, 5) is 25.5. The first-order chi connectivity index (χ1) is 12.9. The molecule has 0 aromatic heterocycles. The third-order valence-corrected chi connectivity index (χ3v) is 4.32. The SMILES string of the molecule is CCN(C(=O)/C=C/c1ccc(NC(C)=O)cc1)C(C)c1cccc(OC)c1. The molecule has 1 unspecified atom stereocenters. The van der Waals surface area contributed by atoms with Crippen LogP contribution in [-0.2, 0) is 9.59 Å². The van der Waals surface area contributed by atoms with E-state index < -0.39 is 0 Å². The van der Waals surface area contributed by atoms with Gasteiger partial charge in [0.05, 0.1) is 13.2 Å². The summed E-state index contributed by atoms with van der Waals surface area (Å²) in [5, 5.41) is 2.72. The van der Waals surface area contributed by atoms with Crippen molar-refractivity contribution in [3.05, 3.63) is 65.7 Å². The normalized spacial score (nSPS) is 11.9. The summed E-state index contributed by atoms with van der Waals surface area (Å²) >= 11 is 0. The van der Waals surface area contributed by atoms with E-state index in [0.717, 1.165) is 22.6 Å². The molecule has 0 spiro atoms. The van der Waals surface area contributed by atoms with Crippen LogP contribution in [0.3, 0.4) is 0 Å². The van der Waals surface area contributed by atoms with Crippen molar-refractivity contribution in [3.63, 3.8) is 0 Å². The molecule has 1 atom stereocenters. The maximum atomic E-state index is 12.7. The molecular weight excluding hydrogens is 340 g/mol. The van der Waals surface area contributed by atoms with Crippen LogP contribution in [-0.4, -0.2) is 30.4 Å². The first kappa shape index (κ1) is 20.2. The molecule has 0 aliphatic heterocycles. The molecule has 2 rings (SSSR count). The van der Waals surface area contributed by atoms with E-state index in [9.17, 15) is 9.59 Å². The van der Waals surface area contributed by atoms with Crippen molar-refractivity contribution in [2.24, 2.45) is 0 Å². The molecule has 5 nitrogen and oxygen atoms in total. The lowest BCUT2D eigenvalue weighted by Crippen LogP contribution is -2.32. The number of carbonyl (C=O) groups excluding carboxylic acids is 2. The van der Waals surface area contributed by atoms with E-state index in [0.29, 0.717) is 6.54 Å². The summed E-state index contributed by atoms with van der Waals surface area (Å²) < 4.78 is 5.27. The quantitative estimate of drug-likeness (QED) is 0.744. The van der Waals surface area contributed by atoms with Gasteiger partial charge in [-0.15, -0.1) is 0 Å². The molecule has 0 heterocycles. The molecule has 142 valence electrons. The Morgan fingerprint density at radius 2 is 1.89 bits per heavy atom. The lowest BCUT2D eigenvalue weighted by Gasteiger charge is -2.27. The maximum absolute atomic E-state index is 12.7. The number of rotatable bonds is 7. The number of hydrogen-bond acceptors (Lipinski definition) is 3. The van der Waals surface area contributed by atoms with E-state index >= 15 is 0 Å². The van der Waals surface area contributed by atoms with Crippen LogP contribution in [0.1, 0.15) is 37.9 Å². The number of anilines is 1. The standard InChI is InChI=1S/C22H26N2O3/c1-5-24(16(2)19-7-6-8-21(15-19)27-4)22(26)14-11-18-9-12-20(13-10-18)23-17(3)25/h6-16H,5H2,1-4H3,(H,23,25)/b14-11+. The predicted octanol–water partition coefficient (Wildman–Crippen LogP) is 4.28. The fourth-order valence-electron chi connectivity index (χ4n) is 2.85. The second-order valence-corrected chi connectivity index (χ2v) is 6.21. The summed E-state index contributed by atoms with van der Waals surface area (Å²) in [7, 11) is 1.63. The first-order valence-electron chi connectivity index (χ1n) is 8.95. The zero-order valence-electron chi connectivity index (χ0n) is 16.2. The highest BCUT2D eigenvalue weighted by Gasteiger charge is 2.18. The van der Waals surface area contributed by atoms with Crippen LogP contribution in [0.15, 0.2) is 54.6 Å². The monoisotopic (exact) mass is 366 g/mol. The Labute approximate surface area is 160 Å². The lowest BCUT2D eigenvalue weighted by molar-refractivity contribution is -0.127. The highest BCUT2D eigenvalue weighted by Crippen LogP contribution is 2.24. The van der Waals surface area contributed by atoms with Gasteiger partial charge in [0.25, 0.3) is 0 Å². The van der Waals surface area contributed by atoms with Crippen molar-refractivity contribution in [2.75, 3.05) is 19.0 Å². The predicted molar refractivity (Wildman–Crippen MR) is 109 cm³/mol. The molecule has 5 heteroatoms. The molecule has 0 radical (unpaired) electrons. The summed E-state index contributed by atoms with van der Waals surface area (Å²) in [5.41, 5.74) is 2.65. The molecule has 0 saturated heterocycles. The Bertz CT molecular complexity index is 813. The van der Waals surface area contributed by atoms with Crippen LogP contribution >= 0.6 is 0 Å². The molecule has 2 amide bonds. The highest BCUT2D eigenvalue weighted by atomic mass is 16.5. The van der Waals surface area contributed by atoms with Gasteiger partial charge < -0.3 is 15.0 Å². The van der Waals surface area contributed by atoms with Gasteiger partial charge in [0.2, 0.25) is 11.8 Å². The van der Waals surface area contributed by atoms with Crippen LogP contribution in [0.4, 0.5) is 5.69 Å². The van der Waals surface area contributed by atoms with Gasteiger partial charge in [0, 0.05) is 25.2 Å². The van der Waals surface area contributed by atoms with Crippen LogP contribution in [0.5, 0.6) is 5.75 Å². The maximum Gasteiger partial charge on any atom is 0.247 e. The zero-order chi connectivity index (χ0) is 19.8.